The maximum absolute atomic E-state index is 13.1. The molecule has 1 aliphatic heterocycles. The van der Waals surface area contributed by atoms with E-state index >= 15 is 0 Å². The topological polar surface area (TPSA) is 62.3 Å². The number of pyridine rings is 1. The van der Waals surface area contributed by atoms with E-state index in [1.165, 1.54) is 6.42 Å². The van der Waals surface area contributed by atoms with E-state index in [1.54, 1.807) is 12.3 Å². The Morgan fingerprint density at radius 1 is 1.12 bits per heavy atom. The Bertz CT molecular complexity index is 822. The maximum atomic E-state index is 13.1. The van der Waals surface area contributed by atoms with Crippen molar-refractivity contribution in [3.05, 3.63) is 47.4 Å². The minimum absolute atomic E-state index is 0.174. The van der Waals surface area contributed by atoms with Crippen LogP contribution in [-0.4, -0.2) is 26.5 Å². The number of nitrogens with zero attached hydrogens (tertiary/aromatic N) is 2. The number of aromatic nitrogens is 1. The second-order valence-corrected chi connectivity index (χ2v) is 7.69. The van der Waals surface area contributed by atoms with Crippen LogP contribution in [0.3, 0.4) is 0 Å². The van der Waals surface area contributed by atoms with Crippen LogP contribution < -0.4 is 9.62 Å². The quantitative estimate of drug-likeness (QED) is 0.893. The highest BCUT2D eigenvalue weighted by Crippen LogP contribution is 2.25. The van der Waals surface area contributed by atoms with E-state index in [2.05, 4.69) is 14.6 Å². The SMILES string of the molecule is O=S(=O)(Nc1ccc(N2CCCCC2)cn1)c1ccc(F)cc1Cl. The molecule has 1 fully saturated rings. The van der Waals surface area contributed by atoms with Crippen molar-refractivity contribution in [3.8, 4) is 0 Å². The fraction of sp³-hybridized carbons (Fsp3) is 0.312. The average molecular weight is 370 g/mol. The van der Waals surface area contributed by atoms with Crippen LogP contribution in [0.2, 0.25) is 5.02 Å². The molecule has 2 aromatic rings. The lowest BCUT2D eigenvalue weighted by Gasteiger charge is -2.28. The molecule has 0 unspecified atom stereocenters. The molecule has 0 aliphatic carbocycles. The van der Waals surface area contributed by atoms with Crippen LogP contribution in [0.5, 0.6) is 0 Å². The molecule has 0 radical (unpaired) electrons. The van der Waals surface area contributed by atoms with E-state index in [9.17, 15) is 12.8 Å². The van der Waals surface area contributed by atoms with Gasteiger partial charge in [0, 0.05) is 13.1 Å². The van der Waals surface area contributed by atoms with E-state index in [4.69, 9.17) is 11.6 Å². The smallest absolute Gasteiger partial charge is 0.264 e. The summed E-state index contributed by atoms with van der Waals surface area (Å²) in [5.74, 6) is -0.404. The summed E-state index contributed by atoms with van der Waals surface area (Å²) in [6.07, 6.45) is 5.19. The summed E-state index contributed by atoms with van der Waals surface area (Å²) in [5, 5.41) is -0.174. The monoisotopic (exact) mass is 369 g/mol. The zero-order valence-corrected chi connectivity index (χ0v) is 14.4. The number of anilines is 2. The maximum Gasteiger partial charge on any atom is 0.264 e. The van der Waals surface area contributed by atoms with Gasteiger partial charge in [0.25, 0.3) is 10.0 Å². The van der Waals surface area contributed by atoms with Crippen LogP contribution in [-0.2, 0) is 10.0 Å². The lowest BCUT2D eigenvalue weighted by Crippen LogP contribution is -2.29. The molecular weight excluding hydrogens is 353 g/mol. The van der Waals surface area contributed by atoms with Crippen LogP contribution in [0.4, 0.5) is 15.9 Å². The summed E-state index contributed by atoms with van der Waals surface area (Å²) in [7, 11) is -3.92. The van der Waals surface area contributed by atoms with E-state index < -0.39 is 15.8 Å². The van der Waals surface area contributed by atoms with Gasteiger partial charge in [-0.25, -0.2) is 17.8 Å². The average Bonchev–Trinajstić information content (AvgIpc) is 2.55. The normalized spacial score (nSPS) is 15.3. The molecule has 0 spiro atoms. The van der Waals surface area contributed by atoms with Gasteiger partial charge >= 0.3 is 0 Å². The van der Waals surface area contributed by atoms with Gasteiger partial charge < -0.3 is 4.90 Å². The van der Waals surface area contributed by atoms with Crippen LogP contribution in [0.25, 0.3) is 0 Å². The fourth-order valence-corrected chi connectivity index (χ4v) is 4.21. The predicted molar refractivity (Wildman–Crippen MR) is 92.5 cm³/mol. The summed E-state index contributed by atoms with van der Waals surface area (Å²) in [6.45, 7) is 1.97. The number of piperidine rings is 1. The summed E-state index contributed by atoms with van der Waals surface area (Å²) in [6, 6.07) is 6.58. The van der Waals surface area contributed by atoms with E-state index in [0.717, 1.165) is 49.8 Å². The van der Waals surface area contributed by atoms with Crippen molar-refractivity contribution in [2.75, 3.05) is 22.7 Å². The molecule has 1 N–H and O–H groups in total. The van der Waals surface area contributed by atoms with E-state index in [0.29, 0.717) is 0 Å². The zero-order valence-electron chi connectivity index (χ0n) is 12.9. The van der Waals surface area contributed by atoms with Gasteiger partial charge in [-0.15, -0.1) is 0 Å². The molecule has 8 heteroatoms. The summed E-state index contributed by atoms with van der Waals surface area (Å²) in [4.78, 5) is 6.20. The van der Waals surface area contributed by atoms with Gasteiger partial charge in [0.2, 0.25) is 0 Å². The molecule has 24 heavy (non-hydrogen) atoms. The Kier molecular flexibility index (Phi) is 4.91. The number of hydrogen-bond donors (Lipinski definition) is 1. The van der Waals surface area contributed by atoms with Crippen molar-refractivity contribution in [3.63, 3.8) is 0 Å². The number of nitrogens with one attached hydrogen (secondary N) is 1. The van der Waals surface area contributed by atoms with E-state index in [1.807, 2.05) is 6.07 Å². The number of hydrogen-bond acceptors (Lipinski definition) is 4. The molecule has 1 aromatic heterocycles. The molecule has 1 aromatic carbocycles. The lowest BCUT2D eigenvalue weighted by atomic mass is 10.1. The Balaban J connectivity index is 1.77. The van der Waals surface area contributed by atoms with Gasteiger partial charge in [-0.1, -0.05) is 11.6 Å². The van der Waals surface area contributed by atoms with Gasteiger partial charge in [0.1, 0.15) is 16.5 Å². The lowest BCUT2D eigenvalue weighted by molar-refractivity contribution is 0.577. The van der Waals surface area contributed by atoms with Crippen LogP contribution in [0.15, 0.2) is 41.4 Å². The van der Waals surface area contributed by atoms with Crippen molar-refractivity contribution in [2.24, 2.45) is 0 Å². The van der Waals surface area contributed by atoms with Crippen molar-refractivity contribution < 1.29 is 12.8 Å². The third kappa shape index (κ3) is 3.79. The van der Waals surface area contributed by atoms with Crippen molar-refractivity contribution in [1.82, 2.24) is 4.98 Å². The first-order chi connectivity index (χ1) is 11.5. The standard InChI is InChI=1S/C16H17ClFN3O2S/c17-14-10-12(18)4-6-15(14)24(22,23)20-16-7-5-13(11-19-16)21-8-2-1-3-9-21/h4-7,10-11H,1-3,8-9H2,(H,19,20). The molecule has 0 atom stereocenters. The molecule has 128 valence electrons. The highest BCUT2D eigenvalue weighted by Gasteiger charge is 2.19. The molecular formula is C16H17ClFN3O2S. The Hall–Kier alpha value is -1.86. The fourth-order valence-electron chi connectivity index (χ4n) is 2.67. The zero-order chi connectivity index (χ0) is 17.2. The first-order valence-electron chi connectivity index (χ1n) is 7.64. The Morgan fingerprint density at radius 2 is 1.88 bits per heavy atom. The molecule has 1 saturated heterocycles. The largest absolute Gasteiger partial charge is 0.370 e. The molecule has 0 amide bonds. The summed E-state index contributed by atoms with van der Waals surface area (Å²) < 4.78 is 40.1. The molecule has 0 saturated carbocycles. The van der Waals surface area contributed by atoms with Crippen molar-refractivity contribution in [2.45, 2.75) is 24.2 Å². The Morgan fingerprint density at radius 3 is 2.50 bits per heavy atom. The molecule has 3 rings (SSSR count). The number of benzene rings is 1. The van der Waals surface area contributed by atoms with Crippen LogP contribution >= 0.6 is 11.6 Å². The van der Waals surface area contributed by atoms with Gasteiger partial charge in [-0.05, 0) is 49.6 Å². The highest BCUT2D eigenvalue weighted by atomic mass is 35.5. The molecule has 1 aliphatic rings. The molecule has 0 bridgehead atoms. The van der Waals surface area contributed by atoms with Gasteiger partial charge in [0.15, 0.2) is 0 Å². The number of sulfonamides is 1. The van der Waals surface area contributed by atoms with Crippen LogP contribution in [0.1, 0.15) is 19.3 Å². The van der Waals surface area contributed by atoms with Crippen molar-refractivity contribution >= 4 is 33.1 Å². The highest BCUT2D eigenvalue weighted by molar-refractivity contribution is 7.92. The van der Waals surface area contributed by atoms with Crippen LogP contribution in [0, 0.1) is 5.82 Å². The predicted octanol–water partition coefficient (Wildman–Crippen LogP) is 3.67. The summed E-state index contributed by atoms with van der Waals surface area (Å²) in [5.41, 5.74) is 0.970. The Labute approximate surface area is 145 Å². The van der Waals surface area contributed by atoms with Gasteiger partial charge in [0.05, 0.1) is 16.9 Å². The van der Waals surface area contributed by atoms with Gasteiger partial charge in [-0.3, -0.25) is 4.72 Å². The number of rotatable bonds is 4. The second-order valence-electron chi connectivity index (χ2n) is 5.63. The van der Waals surface area contributed by atoms with Crippen molar-refractivity contribution in [1.29, 1.82) is 0 Å². The molecule has 2 heterocycles. The van der Waals surface area contributed by atoms with E-state index in [-0.39, 0.29) is 15.7 Å². The minimum atomic E-state index is -3.92. The molecule has 5 nitrogen and oxygen atoms in total. The number of halogens is 2. The third-order valence-electron chi connectivity index (χ3n) is 3.89. The first-order valence-corrected chi connectivity index (χ1v) is 9.51. The summed E-state index contributed by atoms with van der Waals surface area (Å²) >= 11 is 5.82. The third-order valence-corrected chi connectivity index (χ3v) is 5.73. The second kappa shape index (κ2) is 6.94. The minimum Gasteiger partial charge on any atom is -0.370 e. The van der Waals surface area contributed by atoms with Gasteiger partial charge in [-0.2, -0.15) is 0 Å². The first kappa shape index (κ1) is 17.0.